The number of hydrogen-bond acceptors (Lipinski definition) is 3. The maximum atomic E-state index is 11.2. The second-order valence-electron chi connectivity index (χ2n) is 4.48. The number of nitrogens with two attached hydrogens (primary N) is 1. The summed E-state index contributed by atoms with van der Waals surface area (Å²) >= 11 is 0. The Bertz CT molecular complexity index is 459. The molecular formula is C13H18N2O3. The highest BCUT2D eigenvalue weighted by molar-refractivity contribution is 5.98. The number of para-hydroxylation sites is 1. The normalized spacial score (nSPS) is 13.7. The molecule has 0 aliphatic heterocycles. The van der Waals surface area contributed by atoms with Crippen LogP contribution in [0.2, 0.25) is 0 Å². The fraction of sp³-hybridized carbons (Fsp3) is 0.385. The molecule has 0 bridgehead atoms. The number of amides is 1. The lowest BCUT2D eigenvalue weighted by Crippen LogP contribution is -2.34. The van der Waals surface area contributed by atoms with E-state index in [1.807, 2.05) is 6.92 Å². The van der Waals surface area contributed by atoms with Crippen LogP contribution in [0.5, 0.6) is 0 Å². The first-order chi connectivity index (χ1) is 8.40. The number of carbonyl (C=O) groups excluding carboxylic acids is 1. The van der Waals surface area contributed by atoms with E-state index in [1.165, 1.54) is 0 Å². The fourth-order valence-corrected chi connectivity index (χ4v) is 1.49. The number of carboxylic acid groups (broad SMARTS) is 1. The maximum Gasteiger partial charge on any atom is 0.311 e. The Labute approximate surface area is 106 Å². The van der Waals surface area contributed by atoms with E-state index in [0.717, 1.165) is 0 Å². The van der Waals surface area contributed by atoms with Gasteiger partial charge in [-0.3, -0.25) is 9.59 Å². The third-order valence-electron chi connectivity index (χ3n) is 3.16. The van der Waals surface area contributed by atoms with Crippen molar-refractivity contribution >= 4 is 17.6 Å². The first-order valence-corrected chi connectivity index (χ1v) is 5.77. The molecule has 1 unspecified atom stereocenters. The summed E-state index contributed by atoms with van der Waals surface area (Å²) in [5, 5.41) is 12.1. The topological polar surface area (TPSA) is 92.4 Å². The monoisotopic (exact) mass is 250 g/mol. The molecular weight excluding hydrogens is 232 g/mol. The average Bonchev–Trinajstić information content (AvgIpc) is 2.35. The number of carboxylic acids is 1. The Balaban J connectivity index is 2.86. The maximum absolute atomic E-state index is 11.2. The average molecular weight is 250 g/mol. The van der Waals surface area contributed by atoms with E-state index in [9.17, 15) is 9.59 Å². The Morgan fingerprint density at radius 3 is 2.50 bits per heavy atom. The standard InChI is InChI=1S/C13H18N2O3/c1-3-13(2,12(17)18)8-15-10-7-5-4-6-9(10)11(14)16/h4-7,15H,3,8H2,1-2H3,(H2,14,16)(H,17,18). The molecule has 0 saturated heterocycles. The molecule has 18 heavy (non-hydrogen) atoms. The van der Waals surface area contributed by atoms with Crippen LogP contribution in [0.25, 0.3) is 0 Å². The van der Waals surface area contributed by atoms with Crippen molar-refractivity contribution in [3.05, 3.63) is 29.8 Å². The molecule has 5 heteroatoms. The quantitative estimate of drug-likeness (QED) is 0.716. The molecule has 1 atom stereocenters. The molecule has 98 valence electrons. The molecule has 0 aliphatic rings. The second kappa shape index (κ2) is 5.53. The van der Waals surface area contributed by atoms with Crippen LogP contribution in [0.15, 0.2) is 24.3 Å². The number of anilines is 1. The van der Waals surface area contributed by atoms with Crippen LogP contribution < -0.4 is 11.1 Å². The first-order valence-electron chi connectivity index (χ1n) is 5.77. The van der Waals surface area contributed by atoms with Crippen LogP contribution in [0.1, 0.15) is 30.6 Å². The molecule has 4 N–H and O–H groups in total. The summed E-state index contributed by atoms with van der Waals surface area (Å²) < 4.78 is 0. The highest BCUT2D eigenvalue weighted by Crippen LogP contribution is 2.23. The van der Waals surface area contributed by atoms with E-state index < -0.39 is 17.3 Å². The molecule has 0 spiro atoms. The highest BCUT2D eigenvalue weighted by Gasteiger charge is 2.31. The van der Waals surface area contributed by atoms with Gasteiger partial charge in [0.05, 0.1) is 11.0 Å². The third-order valence-corrected chi connectivity index (χ3v) is 3.16. The highest BCUT2D eigenvalue weighted by atomic mass is 16.4. The van der Waals surface area contributed by atoms with Gasteiger partial charge in [0.1, 0.15) is 0 Å². The lowest BCUT2D eigenvalue weighted by Gasteiger charge is -2.24. The van der Waals surface area contributed by atoms with Gasteiger partial charge < -0.3 is 16.2 Å². The smallest absolute Gasteiger partial charge is 0.311 e. The molecule has 0 aliphatic carbocycles. The van der Waals surface area contributed by atoms with Crippen LogP contribution in [0.4, 0.5) is 5.69 Å². The molecule has 0 saturated carbocycles. The summed E-state index contributed by atoms with van der Waals surface area (Å²) in [7, 11) is 0. The van der Waals surface area contributed by atoms with E-state index >= 15 is 0 Å². The molecule has 0 fully saturated rings. The molecule has 0 heterocycles. The number of rotatable bonds is 6. The van der Waals surface area contributed by atoms with Crippen molar-refractivity contribution in [1.82, 2.24) is 0 Å². The fourth-order valence-electron chi connectivity index (χ4n) is 1.49. The van der Waals surface area contributed by atoms with Crippen LogP contribution in [0.3, 0.4) is 0 Å². The Hall–Kier alpha value is -2.04. The number of hydrogen-bond donors (Lipinski definition) is 3. The summed E-state index contributed by atoms with van der Waals surface area (Å²) in [6, 6.07) is 6.78. The Kier molecular flexibility index (Phi) is 4.31. The molecule has 5 nitrogen and oxygen atoms in total. The van der Waals surface area contributed by atoms with Gasteiger partial charge in [0.2, 0.25) is 0 Å². The zero-order chi connectivity index (χ0) is 13.8. The van der Waals surface area contributed by atoms with Crippen molar-refractivity contribution in [3.63, 3.8) is 0 Å². The van der Waals surface area contributed by atoms with Crippen LogP contribution >= 0.6 is 0 Å². The zero-order valence-electron chi connectivity index (χ0n) is 10.6. The minimum absolute atomic E-state index is 0.239. The van der Waals surface area contributed by atoms with Gasteiger partial charge in [0, 0.05) is 12.2 Å². The van der Waals surface area contributed by atoms with E-state index in [2.05, 4.69) is 5.32 Å². The van der Waals surface area contributed by atoms with Gasteiger partial charge >= 0.3 is 5.97 Å². The lowest BCUT2D eigenvalue weighted by molar-refractivity contribution is -0.147. The summed E-state index contributed by atoms with van der Waals surface area (Å²) in [6.45, 7) is 3.72. The van der Waals surface area contributed by atoms with Crippen molar-refractivity contribution in [3.8, 4) is 0 Å². The molecule has 1 aromatic carbocycles. The molecule has 1 rings (SSSR count). The van der Waals surface area contributed by atoms with Crippen molar-refractivity contribution in [2.24, 2.45) is 11.1 Å². The van der Waals surface area contributed by atoms with Gasteiger partial charge in [-0.2, -0.15) is 0 Å². The van der Waals surface area contributed by atoms with Crippen LogP contribution in [-0.2, 0) is 4.79 Å². The predicted molar refractivity (Wildman–Crippen MR) is 69.5 cm³/mol. The first kappa shape index (κ1) is 14.0. The zero-order valence-corrected chi connectivity index (χ0v) is 10.6. The number of primary amides is 1. The second-order valence-corrected chi connectivity index (χ2v) is 4.48. The van der Waals surface area contributed by atoms with Gasteiger partial charge in [-0.15, -0.1) is 0 Å². The predicted octanol–water partition coefficient (Wildman–Crippen LogP) is 1.70. The van der Waals surface area contributed by atoms with E-state index in [0.29, 0.717) is 17.7 Å². The molecule has 0 radical (unpaired) electrons. The Morgan fingerprint density at radius 1 is 1.39 bits per heavy atom. The van der Waals surface area contributed by atoms with Gasteiger partial charge in [-0.1, -0.05) is 19.1 Å². The largest absolute Gasteiger partial charge is 0.481 e. The van der Waals surface area contributed by atoms with E-state index in [-0.39, 0.29) is 6.54 Å². The lowest BCUT2D eigenvalue weighted by atomic mass is 9.87. The van der Waals surface area contributed by atoms with E-state index in [1.54, 1.807) is 31.2 Å². The van der Waals surface area contributed by atoms with Crippen LogP contribution in [0, 0.1) is 5.41 Å². The van der Waals surface area contributed by atoms with Gasteiger partial charge in [-0.25, -0.2) is 0 Å². The van der Waals surface area contributed by atoms with Crippen molar-refractivity contribution in [2.75, 3.05) is 11.9 Å². The summed E-state index contributed by atoms with van der Waals surface area (Å²) in [4.78, 5) is 22.4. The van der Waals surface area contributed by atoms with Crippen LogP contribution in [-0.4, -0.2) is 23.5 Å². The number of benzene rings is 1. The molecule has 0 aromatic heterocycles. The van der Waals surface area contributed by atoms with Gasteiger partial charge in [0.15, 0.2) is 0 Å². The summed E-state index contributed by atoms with van der Waals surface area (Å²) in [5.74, 6) is -1.40. The summed E-state index contributed by atoms with van der Waals surface area (Å²) in [6.07, 6.45) is 0.494. The van der Waals surface area contributed by atoms with Crippen molar-refractivity contribution in [1.29, 1.82) is 0 Å². The van der Waals surface area contributed by atoms with Crippen molar-refractivity contribution < 1.29 is 14.7 Å². The minimum atomic E-state index is -0.870. The van der Waals surface area contributed by atoms with E-state index in [4.69, 9.17) is 10.8 Å². The number of nitrogens with one attached hydrogen (secondary N) is 1. The van der Waals surface area contributed by atoms with Gasteiger partial charge in [-0.05, 0) is 25.5 Å². The Morgan fingerprint density at radius 2 is 2.00 bits per heavy atom. The number of carbonyl (C=O) groups is 2. The SMILES string of the molecule is CCC(C)(CNc1ccccc1C(N)=O)C(=O)O. The molecule has 1 amide bonds. The van der Waals surface area contributed by atoms with Gasteiger partial charge in [0.25, 0.3) is 5.91 Å². The van der Waals surface area contributed by atoms with Crippen molar-refractivity contribution in [2.45, 2.75) is 20.3 Å². The summed E-state index contributed by atoms with van der Waals surface area (Å²) in [5.41, 5.74) is 5.30. The minimum Gasteiger partial charge on any atom is -0.481 e. The third kappa shape index (κ3) is 3.00. The molecule has 1 aromatic rings. The number of aliphatic carboxylic acids is 1.